The van der Waals surface area contributed by atoms with Crippen LogP contribution in [0.25, 0.3) is 0 Å². The minimum atomic E-state index is -1.69. The number of imidazole rings is 1. The fraction of sp³-hybridized carbons (Fsp3) is 0.524. The van der Waals surface area contributed by atoms with Gasteiger partial charge in [-0.05, 0) is 6.42 Å². The zero-order chi connectivity index (χ0) is 30.4. The van der Waals surface area contributed by atoms with E-state index in [1.54, 1.807) is 0 Å². The highest BCUT2D eigenvalue weighted by Crippen LogP contribution is 2.05. The summed E-state index contributed by atoms with van der Waals surface area (Å²) in [6.07, 6.45) is 0.828. The molecule has 19 heteroatoms. The van der Waals surface area contributed by atoms with Crippen molar-refractivity contribution >= 4 is 54.1 Å². The van der Waals surface area contributed by atoms with Gasteiger partial charge < -0.3 is 53.0 Å². The summed E-state index contributed by atoms with van der Waals surface area (Å²) in [4.78, 5) is 91.0. The van der Waals surface area contributed by atoms with Crippen molar-refractivity contribution in [1.82, 2.24) is 31.2 Å². The number of aliphatic hydroxyl groups excluding tert-OH is 1. The molecule has 1 aromatic rings. The van der Waals surface area contributed by atoms with Crippen LogP contribution in [-0.2, 0) is 40.0 Å². The highest BCUT2D eigenvalue weighted by molar-refractivity contribution is 7.80. The molecule has 1 aromatic heterocycles. The van der Waals surface area contributed by atoms with E-state index in [-0.39, 0.29) is 12.2 Å². The van der Waals surface area contributed by atoms with Gasteiger partial charge in [0.2, 0.25) is 29.5 Å². The maximum absolute atomic E-state index is 13.1. The molecule has 40 heavy (non-hydrogen) atoms. The Balaban J connectivity index is 3.09. The van der Waals surface area contributed by atoms with Crippen LogP contribution < -0.4 is 32.7 Å². The van der Waals surface area contributed by atoms with Crippen LogP contribution in [-0.4, -0.2) is 109 Å². The molecule has 0 fully saturated rings. The molecule has 0 aliphatic carbocycles. The largest absolute Gasteiger partial charge is 0.481 e. The summed E-state index contributed by atoms with van der Waals surface area (Å²) in [6, 6.07) is -7.41. The molecule has 0 saturated heterocycles. The lowest BCUT2D eigenvalue weighted by atomic mass is 10.1. The van der Waals surface area contributed by atoms with E-state index in [4.69, 9.17) is 21.7 Å². The minimum Gasteiger partial charge on any atom is -0.481 e. The number of thiol groups is 1. The van der Waals surface area contributed by atoms with Gasteiger partial charge in [0.05, 0.1) is 25.0 Å². The van der Waals surface area contributed by atoms with Gasteiger partial charge in [-0.3, -0.25) is 28.8 Å². The molecular formula is C21H32N8O10S. The number of nitrogens with one attached hydrogen (secondary N) is 5. The van der Waals surface area contributed by atoms with Crippen molar-refractivity contribution in [2.24, 2.45) is 11.5 Å². The number of primary amides is 1. The summed E-state index contributed by atoms with van der Waals surface area (Å²) < 4.78 is 0. The highest BCUT2D eigenvalue weighted by atomic mass is 32.1. The lowest BCUT2D eigenvalue weighted by molar-refractivity contribution is -0.143. The number of carbonyl (C=O) groups excluding carboxylic acids is 5. The van der Waals surface area contributed by atoms with Crippen LogP contribution in [0, 0.1) is 0 Å². The van der Waals surface area contributed by atoms with Crippen molar-refractivity contribution in [3.63, 3.8) is 0 Å². The monoisotopic (exact) mass is 588 g/mol. The highest BCUT2D eigenvalue weighted by Gasteiger charge is 2.32. The molecule has 5 atom stereocenters. The average molecular weight is 589 g/mol. The van der Waals surface area contributed by atoms with E-state index in [2.05, 4.69) is 38.5 Å². The first-order valence-corrected chi connectivity index (χ1v) is 12.3. The number of aromatic nitrogens is 2. The van der Waals surface area contributed by atoms with Crippen LogP contribution in [0.4, 0.5) is 0 Å². The molecule has 5 amide bonds. The Morgan fingerprint density at radius 1 is 0.900 bits per heavy atom. The molecule has 222 valence electrons. The number of aliphatic carboxylic acids is 2. The number of H-pyrrole nitrogens is 1. The van der Waals surface area contributed by atoms with Gasteiger partial charge in [-0.15, -0.1) is 0 Å². The molecule has 0 spiro atoms. The number of hydrogen-bond donors (Lipinski definition) is 11. The van der Waals surface area contributed by atoms with Crippen molar-refractivity contribution in [2.45, 2.75) is 55.9 Å². The van der Waals surface area contributed by atoms with Crippen molar-refractivity contribution in [2.75, 3.05) is 12.4 Å². The van der Waals surface area contributed by atoms with E-state index >= 15 is 0 Å². The second-order valence-electron chi connectivity index (χ2n) is 8.42. The summed E-state index contributed by atoms with van der Waals surface area (Å²) in [5.74, 6) is -8.12. The maximum Gasteiger partial charge on any atom is 0.326 e. The number of nitrogens with two attached hydrogens (primary N) is 2. The third-order valence-corrected chi connectivity index (χ3v) is 5.62. The number of carbonyl (C=O) groups is 7. The number of carboxylic acids is 2. The van der Waals surface area contributed by atoms with Crippen LogP contribution in [0.2, 0.25) is 0 Å². The predicted octanol–water partition coefficient (Wildman–Crippen LogP) is -5.03. The van der Waals surface area contributed by atoms with Gasteiger partial charge in [0.15, 0.2) is 0 Å². The Bertz CT molecular complexity index is 1070. The quantitative estimate of drug-likeness (QED) is 0.0718. The van der Waals surface area contributed by atoms with E-state index in [1.165, 1.54) is 12.5 Å². The Morgan fingerprint density at radius 2 is 1.45 bits per heavy atom. The molecule has 18 nitrogen and oxygen atoms in total. The first-order chi connectivity index (χ1) is 18.8. The van der Waals surface area contributed by atoms with Gasteiger partial charge in [-0.1, -0.05) is 0 Å². The van der Waals surface area contributed by atoms with Gasteiger partial charge in [0.1, 0.15) is 30.2 Å². The molecule has 0 radical (unpaired) electrons. The van der Waals surface area contributed by atoms with Crippen molar-refractivity contribution in [1.29, 1.82) is 0 Å². The van der Waals surface area contributed by atoms with Gasteiger partial charge in [-0.25, -0.2) is 9.78 Å². The molecule has 0 bridgehead atoms. The Morgan fingerprint density at radius 3 is 1.95 bits per heavy atom. The molecular weight excluding hydrogens is 556 g/mol. The number of carboxylic acid groups (broad SMARTS) is 2. The van der Waals surface area contributed by atoms with Crippen LogP contribution in [0.3, 0.4) is 0 Å². The molecule has 0 unspecified atom stereocenters. The first-order valence-electron chi connectivity index (χ1n) is 11.7. The number of aromatic amines is 1. The zero-order valence-corrected chi connectivity index (χ0v) is 21.9. The fourth-order valence-corrected chi connectivity index (χ4v) is 3.39. The zero-order valence-electron chi connectivity index (χ0n) is 21.0. The summed E-state index contributed by atoms with van der Waals surface area (Å²) in [7, 11) is 0. The summed E-state index contributed by atoms with van der Waals surface area (Å²) in [5.41, 5.74) is 10.8. The molecule has 12 N–H and O–H groups in total. The summed E-state index contributed by atoms with van der Waals surface area (Å²) in [6.45, 7) is -0.721. The Kier molecular flexibility index (Phi) is 14.1. The molecule has 0 aromatic carbocycles. The van der Waals surface area contributed by atoms with Crippen LogP contribution >= 0.6 is 12.6 Å². The van der Waals surface area contributed by atoms with Crippen LogP contribution in [0.1, 0.15) is 25.0 Å². The third-order valence-electron chi connectivity index (χ3n) is 5.25. The topological polar surface area (TPSA) is 309 Å². The molecule has 1 heterocycles. The first kappa shape index (κ1) is 33.8. The van der Waals surface area contributed by atoms with E-state index in [1.807, 2.05) is 5.32 Å². The maximum atomic E-state index is 13.1. The lowest BCUT2D eigenvalue weighted by Crippen LogP contribution is -2.59. The van der Waals surface area contributed by atoms with Crippen molar-refractivity contribution in [3.05, 3.63) is 18.2 Å². The van der Waals surface area contributed by atoms with Crippen molar-refractivity contribution < 1.29 is 48.9 Å². The smallest absolute Gasteiger partial charge is 0.326 e. The number of rotatable bonds is 18. The van der Waals surface area contributed by atoms with Crippen molar-refractivity contribution in [3.8, 4) is 0 Å². The van der Waals surface area contributed by atoms with Gasteiger partial charge in [0, 0.05) is 24.8 Å². The minimum absolute atomic E-state index is 0.176. The number of hydrogen-bond acceptors (Lipinski definition) is 11. The average Bonchev–Trinajstić information content (AvgIpc) is 3.40. The standard InChI is InChI=1S/C21H32N8O10S/c22-10(6-30)17(34)27-12(3-9-5-24-8-25-9)19(36)26-11(1-2-16(32)33)18(35)29-14(7-40)20(37)28-13(21(38)39)4-15(23)31/h5,8,10-14,30,40H,1-4,6-7,22H2,(H2,23,31)(H,24,25)(H,26,36)(H,27,34)(H,28,37)(H,29,35)(H,32,33)(H,38,39)/t10-,11-,12-,13-,14-/m0/s1. The number of aliphatic hydroxyl groups is 1. The Hall–Kier alpha value is -4.23. The molecule has 0 aliphatic heterocycles. The number of amides is 5. The third kappa shape index (κ3) is 11.7. The van der Waals surface area contributed by atoms with Gasteiger partial charge >= 0.3 is 11.9 Å². The SMILES string of the molecule is NC(=O)C[C@H](NC(=O)[C@H](CS)NC(=O)[C@H](CCC(=O)O)NC(=O)[C@H](Cc1c[nH]cn1)NC(=O)[C@@H](N)CO)C(=O)O. The summed E-state index contributed by atoms with van der Waals surface area (Å²) in [5, 5.41) is 36.3. The summed E-state index contributed by atoms with van der Waals surface area (Å²) >= 11 is 3.96. The van der Waals surface area contributed by atoms with E-state index in [0.717, 1.165) is 0 Å². The second-order valence-corrected chi connectivity index (χ2v) is 8.79. The number of nitrogens with zero attached hydrogens (tertiary/aromatic N) is 1. The normalized spacial score (nSPS) is 14.5. The van der Waals surface area contributed by atoms with E-state index < -0.39 is 97.6 Å². The predicted molar refractivity (Wildman–Crippen MR) is 137 cm³/mol. The van der Waals surface area contributed by atoms with E-state index in [9.17, 15) is 38.7 Å². The van der Waals surface area contributed by atoms with E-state index in [0.29, 0.717) is 5.69 Å². The van der Waals surface area contributed by atoms with Gasteiger partial charge in [-0.2, -0.15) is 12.6 Å². The van der Waals surface area contributed by atoms with Gasteiger partial charge in [0.25, 0.3) is 0 Å². The Labute approximate surface area is 232 Å². The van der Waals surface area contributed by atoms with Crippen LogP contribution in [0.15, 0.2) is 12.5 Å². The molecule has 1 rings (SSSR count). The second kappa shape index (κ2) is 16.7. The van der Waals surface area contributed by atoms with Crippen LogP contribution in [0.5, 0.6) is 0 Å². The molecule has 0 saturated carbocycles. The fourth-order valence-electron chi connectivity index (χ4n) is 3.13. The lowest BCUT2D eigenvalue weighted by Gasteiger charge is -2.25. The molecule has 0 aliphatic rings.